The molecule has 0 aliphatic heterocycles. The summed E-state index contributed by atoms with van der Waals surface area (Å²) >= 11 is 1.04. The Morgan fingerprint density at radius 3 is 1.74 bits per heavy atom. The van der Waals surface area contributed by atoms with Gasteiger partial charge in [0.25, 0.3) is 0 Å². The summed E-state index contributed by atoms with van der Waals surface area (Å²) in [4.78, 5) is 0. The van der Waals surface area contributed by atoms with Gasteiger partial charge in [-0.3, -0.25) is 0 Å². The van der Waals surface area contributed by atoms with Gasteiger partial charge in [-0.15, -0.1) is 0 Å². The number of ether oxygens (including phenoxy) is 1. The molecular formula is C9H3F8IO. The normalized spacial score (nSPS) is 12.9. The molecule has 0 unspecified atom stereocenters. The lowest BCUT2D eigenvalue weighted by Crippen LogP contribution is -2.20. The minimum atomic E-state index is -5.48. The van der Waals surface area contributed by atoms with Crippen molar-refractivity contribution in [3.8, 4) is 5.75 Å². The van der Waals surface area contributed by atoms with Gasteiger partial charge in [-0.25, -0.2) is 0 Å². The maximum absolute atomic E-state index is 12.6. The molecular weight excluding hydrogens is 403 g/mol. The predicted octanol–water partition coefficient (Wildman–Crippen LogP) is 4.93. The van der Waals surface area contributed by atoms with Gasteiger partial charge in [0.1, 0.15) is 11.3 Å². The molecule has 19 heavy (non-hydrogen) atoms. The van der Waals surface area contributed by atoms with E-state index in [9.17, 15) is 35.1 Å². The van der Waals surface area contributed by atoms with Crippen molar-refractivity contribution < 1.29 is 39.9 Å². The van der Waals surface area contributed by atoms with Gasteiger partial charge in [-0.05, 0) is 34.7 Å². The Bertz CT molecular complexity index is 465. The highest BCUT2D eigenvalue weighted by atomic mass is 127. The van der Waals surface area contributed by atoms with Crippen LogP contribution in [0.1, 0.15) is 11.1 Å². The zero-order chi connectivity index (χ0) is 15.0. The van der Waals surface area contributed by atoms with Crippen LogP contribution in [-0.4, -0.2) is 6.61 Å². The molecule has 1 aromatic carbocycles. The van der Waals surface area contributed by atoms with E-state index in [-0.39, 0.29) is 0 Å². The Balaban J connectivity index is 3.61. The lowest BCUT2D eigenvalue weighted by atomic mass is 10.1. The first-order valence-electron chi connectivity index (χ1n) is 4.36. The van der Waals surface area contributed by atoms with E-state index in [2.05, 4.69) is 4.74 Å². The smallest absolute Gasteiger partial charge is 0.420 e. The van der Waals surface area contributed by atoms with Crippen molar-refractivity contribution in [1.82, 2.24) is 0 Å². The molecule has 0 aliphatic rings. The fraction of sp³-hybridized carbons (Fsp3) is 0.333. The molecule has 0 aliphatic carbocycles. The Morgan fingerprint density at radius 1 is 0.895 bits per heavy atom. The van der Waals surface area contributed by atoms with Crippen LogP contribution in [0.4, 0.5) is 35.1 Å². The molecule has 0 atom stereocenters. The number of hydrogen-bond acceptors (Lipinski definition) is 1. The molecule has 0 aromatic heterocycles. The molecule has 1 aromatic rings. The van der Waals surface area contributed by atoms with E-state index in [4.69, 9.17) is 0 Å². The summed E-state index contributed by atoms with van der Waals surface area (Å²) in [5.74, 6) is -1.56. The fourth-order valence-corrected chi connectivity index (χ4v) is 2.07. The molecule has 1 nitrogen and oxygen atoms in total. The van der Waals surface area contributed by atoms with Crippen molar-refractivity contribution in [3.05, 3.63) is 26.8 Å². The summed E-state index contributed by atoms with van der Waals surface area (Å²) in [5, 5.41) is 0. The Kier molecular flexibility index (Phi) is 4.52. The highest BCUT2D eigenvalue weighted by Gasteiger charge is 2.47. The summed E-state index contributed by atoms with van der Waals surface area (Å²) < 4.78 is 102. The van der Waals surface area contributed by atoms with Gasteiger partial charge in [-0.2, -0.15) is 35.1 Å². The van der Waals surface area contributed by atoms with E-state index < -0.39 is 39.4 Å². The second-order valence-electron chi connectivity index (χ2n) is 3.17. The van der Waals surface area contributed by atoms with Crippen molar-refractivity contribution in [1.29, 1.82) is 0 Å². The van der Waals surface area contributed by atoms with Crippen molar-refractivity contribution >= 4 is 22.6 Å². The van der Waals surface area contributed by atoms with Gasteiger partial charge in [-0.1, -0.05) is 0 Å². The third-order valence-corrected chi connectivity index (χ3v) is 2.80. The van der Waals surface area contributed by atoms with Crippen molar-refractivity contribution in [2.45, 2.75) is 19.0 Å². The number of alkyl halides is 8. The van der Waals surface area contributed by atoms with Crippen LogP contribution >= 0.6 is 22.6 Å². The number of benzene rings is 1. The van der Waals surface area contributed by atoms with E-state index in [0.717, 1.165) is 22.6 Å². The summed E-state index contributed by atoms with van der Waals surface area (Å²) in [5.41, 5.74) is -4.30. The fourth-order valence-electron chi connectivity index (χ4n) is 1.31. The summed E-state index contributed by atoms with van der Waals surface area (Å²) in [6.07, 6.45) is -10.8. The van der Waals surface area contributed by atoms with E-state index in [1.54, 1.807) is 0 Å². The van der Waals surface area contributed by atoms with Crippen LogP contribution in [0.2, 0.25) is 0 Å². The molecule has 0 saturated heterocycles. The Morgan fingerprint density at radius 2 is 1.37 bits per heavy atom. The first kappa shape index (κ1) is 16.2. The first-order valence-corrected chi connectivity index (χ1v) is 5.44. The van der Waals surface area contributed by atoms with Crippen LogP contribution in [0.25, 0.3) is 0 Å². The summed E-state index contributed by atoms with van der Waals surface area (Å²) in [6.45, 7) is -3.66. The maximum atomic E-state index is 12.6. The molecule has 0 amide bonds. The molecule has 0 radical (unpaired) electrons. The molecule has 0 fully saturated rings. The van der Waals surface area contributed by atoms with Gasteiger partial charge in [0, 0.05) is 3.57 Å². The van der Waals surface area contributed by atoms with Crippen LogP contribution in [0.15, 0.2) is 12.1 Å². The van der Waals surface area contributed by atoms with E-state index in [1.165, 1.54) is 0 Å². The lowest BCUT2D eigenvalue weighted by molar-refractivity contribution is -0.165. The molecule has 108 valence electrons. The molecule has 0 N–H and O–H groups in total. The lowest BCUT2D eigenvalue weighted by Gasteiger charge is -2.20. The predicted molar refractivity (Wildman–Crippen MR) is 55.8 cm³/mol. The third-order valence-electron chi connectivity index (χ3n) is 1.90. The summed E-state index contributed by atoms with van der Waals surface area (Å²) in [7, 11) is 0. The van der Waals surface area contributed by atoms with Crippen LogP contribution in [0.3, 0.4) is 0 Å². The second-order valence-corrected chi connectivity index (χ2v) is 4.33. The van der Waals surface area contributed by atoms with Gasteiger partial charge in [0.05, 0.1) is 5.56 Å². The quantitative estimate of drug-likeness (QED) is 0.500. The molecule has 0 saturated carbocycles. The van der Waals surface area contributed by atoms with Crippen molar-refractivity contribution in [3.63, 3.8) is 0 Å². The van der Waals surface area contributed by atoms with Gasteiger partial charge >= 0.3 is 19.0 Å². The van der Waals surface area contributed by atoms with E-state index in [0.29, 0.717) is 12.1 Å². The third kappa shape index (κ3) is 3.83. The number of rotatable bonds is 2. The topological polar surface area (TPSA) is 9.23 Å². The van der Waals surface area contributed by atoms with Crippen LogP contribution in [0, 0.1) is 3.57 Å². The second kappa shape index (κ2) is 5.29. The molecule has 0 bridgehead atoms. The average molecular weight is 406 g/mol. The molecule has 0 spiro atoms. The van der Waals surface area contributed by atoms with E-state index >= 15 is 0 Å². The van der Waals surface area contributed by atoms with Crippen LogP contribution in [0.5, 0.6) is 5.75 Å². The minimum Gasteiger partial charge on any atom is -0.434 e. The number of halogens is 9. The minimum absolute atomic E-state index is 0.423. The van der Waals surface area contributed by atoms with Crippen LogP contribution < -0.4 is 4.74 Å². The first-order chi connectivity index (χ1) is 8.44. The number of hydrogen-bond donors (Lipinski definition) is 0. The average Bonchev–Trinajstić information content (AvgIpc) is 2.15. The molecule has 10 heteroatoms. The van der Waals surface area contributed by atoms with Crippen LogP contribution in [-0.2, 0) is 12.4 Å². The van der Waals surface area contributed by atoms with Crippen molar-refractivity contribution in [2.24, 2.45) is 0 Å². The van der Waals surface area contributed by atoms with Crippen molar-refractivity contribution in [2.75, 3.05) is 0 Å². The van der Waals surface area contributed by atoms with Gasteiger partial charge in [0.2, 0.25) is 0 Å². The van der Waals surface area contributed by atoms with E-state index in [1.807, 2.05) is 0 Å². The zero-order valence-electron chi connectivity index (χ0n) is 8.54. The highest BCUT2D eigenvalue weighted by Crippen LogP contribution is 2.47. The standard InChI is InChI=1S/C9H3F8IO/c10-7(11)19-4-2-1-3(18)5(8(12,13)14)6(4)9(15,16)17/h1-2,7H. The van der Waals surface area contributed by atoms with Gasteiger partial charge < -0.3 is 4.74 Å². The highest BCUT2D eigenvalue weighted by molar-refractivity contribution is 14.1. The summed E-state index contributed by atoms with van der Waals surface area (Å²) in [6, 6.07) is 1.04. The maximum Gasteiger partial charge on any atom is 0.420 e. The SMILES string of the molecule is FC(F)Oc1ccc(I)c(C(F)(F)F)c1C(F)(F)F. The van der Waals surface area contributed by atoms with Gasteiger partial charge in [0.15, 0.2) is 0 Å². The molecule has 1 rings (SSSR count). The Hall–Kier alpha value is -0.810. The monoisotopic (exact) mass is 406 g/mol. The Labute approximate surface area is 114 Å². The molecule has 0 heterocycles. The largest absolute Gasteiger partial charge is 0.434 e. The zero-order valence-corrected chi connectivity index (χ0v) is 10.7.